The standard InChI is InChI=1S/C16H16BrNO5/c1-10-6-12(4-5-14(10)18(19)20)23-9-11-7-15(21-2)16(22-3)8-13(11)17/h4-8H,9H2,1-3H3. The lowest BCUT2D eigenvalue weighted by atomic mass is 10.2. The summed E-state index contributed by atoms with van der Waals surface area (Å²) in [7, 11) is 3.14. The number of nitrogens with zero attached hydrogens (tertiary/aromatic N) is 1. The minimum atomic E-state index is -0.413. The van der Waals surface area contributed by atoms with Gasteiger partial charge >= 0.3 is 0 Å². The molecule has 0 saturated carbocycles. The Morgan fingerprint density at radius 2 is 1.78 bits per heavy atom. The van der Waals surface area contributed by atoms with E-state index in [2.05, 4.69) is 15.9 Å². The van der Waals surface area contributed by atoms with Crippen molar-refractivity contribution in [2.45, 2.75) is 13.5 Å². The van der Waals surface area contributed by atoms with Gasteiger partial charge in [-0.2, -0.15) is 0 Å². The molecule has 0 aliphatic heterocycles. The number of rotatable bonds is 6. The predicted octanol–water partition coefficient (Wildman–Crippen LogP) is 4.26. The number of hydrogen-bond acceptors (Lipinski definition) is 5. The van der Waals surface area contributed by atoms with Crippen LogP contribution in [0.1, 0.15) is 11.1 Å². The van der Waals surface area contributed by atoms with Crippen LogP contribution in [0.4, 0.5) is 5.69 Å². The van der Waals surface area contributed by atoms with Gasteiger partial charge in [0, 0.05) is 21.7 Å². The van der Waals surface area contributed by atoms with Gasteiger partial charge < -0.3 is 14.2 Å². The summed E-state index contributed by atoms with van der Waals surface area (Å²) in [6.07, 6.45) is 0. The fourth-order valence-corrected chi connectivity index (χ4v) is 2.53. The Bertz CT molecular complexity index is 733. The van der Waals surface area contributed by atoms with E-state index in [9.17, 15) is 10.1 Å². The minimum absolute atomic E-state index is 0.0737. The van der Waals surface area contributed by atoms with E-state index in [1.54, 1.807) is 39.3 Å². The van der Waals surface area contributed by atoms with E-state index in [-0.39, 0.29) is 12.3 Å². The second-order valence-electron chi connectivity index (χ2n) is 4.79. The summed E-state index contributed by atoms with van der Waals surface area (Å²) in [6.45, 7) is 1.97. The normalized spacial score (nSPS) is 10.3. The van der Waals surface area contributed by atoms with Gasteiger partial charge in [-0.15, -0.1) is 0 Å². The number of ether oxygens (including phenoxy) is 3. The van der Waals surface area contributed by atoms with Gasteiger partial charge in [-0.1, -0.05) is 15.9 Å². The SMILES string of the molecule is COc1cc(Br)c(COc2ccc([N+](=O)[O-])c(C)c2)cc1OC. The monoisotopic (exact) mass is 381 g/mol. The molecule has 0 aromatic heterocycles. The molecule has 6 nitrogen and oxygen atoms in total. The van der Waals surface area contributed by atoms with E-state index in [1.165, 1.54) is 6.07 Å². The van der Waals surface area contributed by atoms with Gasteiger partial charge in [0.15, 0.2) is 11.5 Å². The van der Waals surface area contributed by atoms with E-state index in [4.69, 9.17) is 14.2 Å². The van der Waals surface area contributed by atoms with Crippen LogP contribution in [0.25, 0.3) is 0 Å². The van der Waals surface area contributed by atoms with E-state index in [0.29, 0.717) is 22.8 Å². The zero-order valence-corrected chi connectivity index (χ0v) is 14.5. The maximum absolute atomic E-state index is 10.8. The highest BCUT2D eigenvalue weighted by atomic mass is 79.9. The van der Waals surface area contributed by atoms with Gasteiger partial charge in [-0.3, -0.25) is 10.1 Å². The number of benzene rings is 2. The van der Waals surface area contributed by atoms with Gasteiger partial charge in [0.2, 0.25) is 0 Å². The quantitative estimate of drug-likeness (QED) is 0.552. The van der Waals surface area contributed by atoms with Crippen molar-refractivity contribution in [3.63, 3.8) is 0 Å². The van der Waals surface area contributed by atoms with Crippen LogP contribution in [-0.2, 0) is 6.61 Å². The van der Waals surface area contributed by atoms with Crippen LogP contribution in [0.3, 0.4) is 0 Å². The minimum Gasteiger partial charge on any atom is -0.493 e. The molecular weight excluding hydrogens is 366 g/mol. The largest absolute Gasteiger partial charge is 0.493 e. The molecule has 2 aromatic carbocycles. The molecule has 7 heteroatoms. The molecule has 0 saturated heterocycles. The zero-order chi connectivity index (χ0) is 17.0. The molecule has 0 fully saturated rings. The van der Waals surface area contributed by atoms with Crippen molar-refractivity contribution in [3.05, 3.63) is 56.0 Å². The smallest absolute Gasteiger partial charge is 0.272 e. The Morgan fingerprint density at radius 1 is 1.13 bits per heavy atom. The van der Waals surface area contributed by atoms with Crippen LogP contribution < -0.4 is 14.2 Å². The van der Waals surface area contributed by atoms with Gasteiger partial charge in [-0.25, -0.2) is 0 Å². The number of aryl methyl sites for hydroxylation is 1. The van der Waals surface area contributed by atoms with Gasteiger partial charge in [0.25, 0.3) is 5.69 Å². The van der Waals surface area contributed by atoms with E-state index in [0.717, 1.165) is 10.0 Å². The molecule has 122 valence electrons. The first-order chi connectivity index (χ1) is 11.0. The molecule has 0 aliphatic carbocycles. The van der Waals surface area contributed by atoms with Crippen molar-refractivity contribution in [3.8, 4) is 17.2 Å². The maximum Gasteiger partial charge on any atom is 0.272 e. The third kappa shape index (κ3) is 3.92. The summed E-state index contributed by atoms with van der Waals surface area (Å²) < 4.78 is 17.0. The summed E-state index contributed by atoms with van der Waals surface area (Å²) in [4.78, 5) is 10.4. The summed E-state index contributed by atoms with van der Waals surface area (Å²) in [5, 5.41) is 10.8. The fourth-order valence-electron chi connectivity index (χ4n) is 2.09. The molecule has 23 heavy (non-hydrogen) atoms. The average molecular weight is 382 g/mol. The predicted molar refractivity (Wildman–Crippen MR) is 89.4 cm³/mol. The Kier molecular flexibility index (Phi) is 5.44. The Balaban J connectivity index is 2.18. The second-order valence-corrected chi connectivity index (χ2v) is 5.65. The van der Waals surface area contributed by atoms with Gasteiger partial charge in [0.05, 0.1) is 19.1 Å². The summed E-state index contributed by atoms with van der Waals surface area (Å²) in [5.74, 6) is 1.79. The zero-order valence-electron chi connectivity index (χ0n) is 13.0. The van der Waals surface area contributed by atoms with Crippen LogP contribution in [0, 0.1) is 17.0 Å². The second kappa shape index (κ2) is 7.32. The highest BCUT2D eigenvalue weighted by Crippen LogP contribution is 2.34. The first-order valence-corrected chi connectivity index (χ1v) is 7.53. The van der Waals surface area contributed by atoms with Crippen molar-refractivity contribution in [2.24, 2.45) is 0 Å². The Hall–Kier alpha value is -2.28. The van der Waals surface area contributed by atoms with Gasteiger partial charge in [-0.05, 0) is 31.2 Å². The molecule has 0 bridgehead atoms. The third-order valence-corrected chi connectivity index (χ3v) is 4.05. The van der Waals surface area contributed by atoms with E-state index < -0.39 is 4.92 Å². The molecule has 0 unspecified atom stereocenters. The first kappa shape index (κ1) is 17.1. The molecule has 0 N–H and O–H groups in total. The van der Waals surface area contributed by atoms with Crippen molar-refractivity contribution in [2.75, 3.05) is 14.2 Å². The number of nitro benzene ring substituents is 1. The Labute approximate surface area is 142 Å². The highest BCUT2D eigenvalue weighted by Gasteiger charge is 2.13. The Morgan fingerprint density at radius 3 is 2.35 bits per heavy atom. The van der Waals surface area contributed by atoms with Crippen LogP contribution in [-0.4, -0.2) is 19.1 Å². The molecule has 2 rings (SSSR count). The molecular formula is C16H16BrNO5. The maximum atomic E-state index is 10.8. The lowest BCUT2D eigenvalue weighted by Gasteiger charge is -2.13. The lowest BCUT2D eigenvalue weighted by Crippen LogP contribution is -2.00. The molecule has 0 atom stereocenters. The summed E-state index contributed by atoms with van der Waals surface area (Å²) >= 11 is 3.47. The summed E-state index contributed by atoms with van der Waals surface area (Å²) in [6, 6.07) is 8.29. The van der Waals surface area contributed by atoms with Crippen LogP contribution in [0.2, 0.25) is 0 Å². The topological polar surface area (TPSA) is 70.8 Å². The van der Waals surface area contributed by atoms with Crippen LogP contribution >= 0.6 is 15.9 Å². The average Bonchev–Trinajstić information content (AvgIpc) is 2.53. The number of methoxy groups -OCH3 is 2. The molecule has 0 heterocycles. The molecule has 0 spiro atoms. The first-order valence-electron chi connectivity index (χ1n) is 6.74. The number of nitro groups is 1. The van der Waals surface area contributed by atoms with Crippen molar-refractivity contribution < 1.29 is 19.1 Å². The van der Waals surface area contributed by atoms with Crippen molar-refractivity contribution in [1.82, 2.24) is 0 Å². The van der Waals surface area contributed by atoms with Crippen molar-refractivity contribution >= 4 is 21.6 Å². The van der Waals surface area contributed by atoms with E-state index >= 15 is 0 Å². The lowest BCUT2D eigenvalue weighted by molar-refractivity contribution is -0.385. The molecule has 0 aliphatic rings. The molecule has 0 radical (unpaired) electrons. The van der Waals surface area contributed by atoms with Crippen LogP contribution in [0.5, 0.6) is 17.2 Å². The van der Waals surface area contributed by atoms with E-state index in [1.807, 2.05) is 6.07 Å². The highest BCUT2D eigenvalue weighted by molar-refractivity contribution is 9.10. The van der Waals surface area contributed by atoms with Gasteiger partial charge in [0.1, 0.15) is 12.4 Å². The van der Waals surface area contributed by atoms with Crippen molar-refractivity contribution in [1.29, 1.82) is 0 Å². The number of halogens is 1. The molecule has 2 aromatic rings. The molecule has 0 amide bonds. The third-order valence-electron chi connectivity index (χ3n) is 3.31. The fraction of sp³-hybridized carbons (Fsp3) is 0.250. The summed E-state index contributed by atoms with van der Waals surface area (Å²) in [5.41, 5.74) is 1.50. The van der Waals surface area contributed by atoms with Crippen LogP contribution in [0.15, 0.2) is 34.8 Å². The number of hydrogen-bond donors (Lipinski definition) is 0.